The summed E-state index contributed by atoms with van der Waals surface area (Å²) in [6.07, 6.45) is 5.85. The quantitative estimate of drug-likeness (QED) is 0.712. The fourth-order valence-electron chi connectivity index (χ4n) is 4.04. The number of rotatable bonds is 2. The van der Waals surface area contributed by atoms with Crippen LogP contribution in [0.25, 0.3) is 0 Å². The van der Waals surface area contributed by atoms with Gasteiger partial charge in [0.15, 0.2) is 0 Å². The maximum atomic E-state index is 11.4. The molecule has 1 heterocycles. The molecule has 2 aliphatic carbocycles. The van der Waals surface area contributed by atoms with E-state index >= 15 is 0 Å². The number of nitrogen functional groups attached to an aromatic ring is 1. The summed E-state index contributed by atoms with van der Waals surface area (Å²) in [4.78, 5) is 11.4. The Morgan fingerprint density at radius 2 is 2.16 bits per heavy atom. The van der Waals surface area contributed by atoms with Gasteiger partial charge in [0, 0.05) is 11.7 Å². The Hall–Kier alpha value is -1.71. The van der Waals surface area contributed by atoms with Crippen LogP contribution in [0.15, 0.2) is 12.1 Å². The molecule has 2 fully saturated rings. The van der Waals surface area contributed by atoms with Crippen LogP contribution in [0.1, 0.15) is 31.2 Å². The maximum absolute atomic E-state index is 11.4. The largest absolute Gasteiger partial charge is 0.397 e. The number of benzene rings is 1. The van der Waals surface area contributed by atoms with Crippen LogP contribution >= 0.6 is 0 Å². The number of nitrogens with two attached hydrogens (primary N) is 1. The van der Waals surface area contributed by atoms with Crippen molar-refractivity contribution in [3.05, 3.63) is 17.7 Å². The van der Waals surface area contributed by atoms with Crippen molar-refractivity contribution in [2.75, 3.05) is 16.4 Å². The predicted octanol–water partition coefficient (Wildman–Crippen LogP) is 2.36. The van der Waals surface area contributed by atoms with E-state index in [9.17, 15) is 4.79 Å². The molecule has 0 saturated heterocycles. The first-order valence-electron chi connectivity index (χ1n) is 7.18. The smallest absolute Gasteiger partial charge is 0.228 e. The lowest BCUT2D eigenvalue weighted by Crippen LogP contribution is -2.26. The molecule has 1 amide bonds. The van der Waals surface area contributed by atoms with E-state index in [2.05, 4.69) is 10.6 Å². The molecule has 0 aromatic heterocycles. The molecule has 2 saturated carbocycles. The molecule has 1 aromatic carbocycles. The van der Waals surface area contributed by atoms with Gasteiger partial charge in [-0.2, -0.15) is 0 Å². The second-order valence-electron chi connectivity index (χ2n) is 6.25. The van der Waals surface area contributed by atoms with Crippen LogP contribution in [-0.4, -0.2) is 11.9 Å². The Balaban J connectivity index is 1.58. The van der Waals surface area contributed by atoms with Crippen molar-refractivity contribution in [2.45, 2.75) is 38.1 Å². The minimum absolute atomic E-state index is 0.0615. The van der Waals surface area contributed by atoms with Crippen LogP contribution in [0, 0.1) is 11.8 Å². The summed E-state index contributed by atoms with van der Waals surface area (Å²) in [5, 5.41) is 6.50. The van der Waals surface area contributed by atoms with Crippen LogP contribution in [0.3, 0.4) is 0 Å². The van der Waals surface area contributed by atoms with Crippen LogP contribution < -0.4 is 16.4 Å². The topological polar surface area (TPSA) is 67.2 Å². The number of fused-ring (bicyclic) bond motifs is 3. The number of carbonyl (C=O) groups excluding carboxylic acids is 1. The lowest BCUT2D eigenvalue weighted by atomic mass is 9.95. The van der Waals surface area contributed by atoms with E-state index in [1.807, 2.05) is 12.1 Å². The minimum Gasteiger partial charge on any atom is -0.397 e. The number of anilines is 3. The van der Waals surface area contributed by atoms with Gasteiger partial charge in [0.2, 0.25) is 5.91 Å². The molecule has 3 atom stereocenters. The van der Waals surface area contributed by atoms with E-state index < -0.39 is 0 Å². The summed E-state index contributed by atoms with van der Waals surface area (Å²) in [7, 11) is 0. The zero-order valence-corrected chi connectivity index (χ0v) is 10.9. The Morgan fingerprint density at radius 1 is 1.26 bits per heavy atom. The fourth-order valence-corrected chi connectivity index (χ4v) is 4.04. The van der Waals surface area contributed by atoms with Crippen molar-refractivity contribution in [1.82, 2.24) is 0 Å². The van der Waals surface area contributed by atoms with Crippen molar-refractivity contribution in [3.63, 3.8) is 0 Å². The van der Waals surface area contributed by atoms with E-state index in [1.54, 1.807) is 0 Å². The standard InChI is InChI=1S/C15H19N3O/c16-11-5-10-6-15(19)18-13(10)7-14(11)17-12-4-8-1-2-9(12)3-8/h5,7-9,12,17H,1-4,6,16H2,(H,18,19). The second kappa shape index (κ2) is 3.89. The Labute approximate surface area is 112 Å². The minimum atomic E-state index is 0.0615. The number of hydrogen-bond acceptors (Lipinski definition) is 3. The molecule has 4 nitrogen and oxygen atoms in total. The van der Waals surface area contributed by atoms with Gasteiger partial charge in [0.25, 0.3) is 0 Å². The van der Waals surface area contributed by atoms with Crippen LogP contribution in [-0.2, 0) is 11.2 Å². The second-order valence-corrected chi connectivity index (χ2v) is 6.25. The average Bonchev–Trinajstić information content (AvgIpc) is 3.04. The van der Waals surface area contributed by atoms with Gasteiger partial charge in [0.05, 0.1) is 17.8 Å². The molecular formula is C15H19N3O. The molecule has 19 heavy (non-hydrogen) atoms. The molecule has 0 radical (unpaired) electrons. The Morgan fingerprint density at radius 3 is 2.89 bits per heavy atom. The summed E-state index contributed by atoms with van der Waals surface area (Å²) in [6, 6.07) is 4.50. The Bertz CT molecular complexity index is 555. The van der Waals surface area contributed by atoms with Crippen molar-refractivity contribution in [2.24, 2.45) is 11.8 Å². The number of carbonyl (C=O) groups is 1. The van der Waals surface area contributed by atoms with Gasteiger partial charge in [-0.05, 0) is 48.8 Å². The van der Waals surface area contributed by atoms with Gasteiger partial charge in [-0.3, -0.25) is 4.79 Å². The zero-order valence-electron chi connectivity index (χ0n) is 10.9. The lowest BCUT2D eigenvalue weighted by Gasteiger charge is -2.25. The molecule has 1 aromatic rings. The van der Waals surface area contributed by atoms with Gasteiger partial charge >= 0.3 is 0 Å². The highest BCUT2D eigenvalue weighted by Crippen LogP contribution is 2.46. The summed E-state index contributed by atoms with van der Waals surface area (Å²) in [5.74, 6) is 1.79. The third kappa shape index (κ3) is 1.78. The van der Waals surface area contributed by atoms with Gasteiger partial charge < -0.3 is 16.4 Å². The predicted molar refractivity (Wildman–Crippen MR) is 76.0 cm³/mol. The van der Waals surface area contributed by atoms with Crippen molar-refractivity contribution < 1.29 is 4.79 Å². The van der Waals surface area contributed by atoms with Crippen LogP contribution in [0.2, 0.25) is 0 Å². The third-order valence-electron chi connectivity index (χ3n) is 4.98. The van der Waals surface area contributed by atoms with E-state index in [1.165, 1.54) is 25.7 Å². The molecule has 2 bridgehead atoms. The monoisotopic (exact) mass is 257 g/mol. The van der Waals surface area contributed by atoms with E-state index in [0.717, 1.165) is 34.5 Å². The van der Waals surface area contributed by atoms with E-state index in [4.69, 9.17) is 5.73 Å². The van der Waals surface area contributed by atoms with Crippen molar-refractivity contribution >= 4 is 23.0 Å². The molecule has 3 aliphatic rings. The lowest BCUT2D eigenvalue weighted by molar-refractivity contribution is -0.115. The first-order chi connectivity index (χ1) is 9.19. The molecule has 4 heteroatoms. The van der Waals surface area contributed by atoms with E-state index in [0.29, 0.717) is 12.5 Å². The van der Waals surface area contributed by atoms with Crippen LogP contribution in [0.5, 0.6) is 0 Å². The zero-order chi connectivity index (χ0) is 13.0. The van der Waals surface area contributed by atoms with Gasteiger partial charge in [-0.25, -0.2) is 0 Å². The molecule has 100 valence electrons. The number of hydrogen-bond donors (Lipinski definition) is 3. The Kier molecular flexibility index (Phi) is 2.28. The molecule has 4 rings (SSSR count). The SMILES string of the molecule is Nc1cc2c(cc1NC1CC3CCC1C3)NC(=O)C2. The molecular weight excluding hydrogens is 238 g/mol. The normalized spacial score (nSPS) is 31.4. The van der Waals surface area contributed by atoms with Gasteiger partial charge in [-0.15, -0.1) is 0 Å². The fraction of sp³-hybridized carbons (Fsp3) is 0.533. The number of nitrogens with one attached hydrogen (secondary N) is 2. The molecule has 3 unspecified atom stereocenters. The highest BCUT2D eigenvalue weighted by molar-refractivity contribution is 6.00. The average molecular weight is 257 g/mol. The van der Waals surface area contributed by atoms with Gasteiger partial charge in [-0.1, -0.05) is 6.42 Å². The third-order valence-corrected chi connectivity index (χ3v) is 4.98. The van der Waals surface area contributed by atoms with E-state index in [-0.39, 0.29) is 5.91 Å². The highest BCUT2D eigenvalue weighted by atomic mass is 16.1. The van der Waals surface area contributed by atoms with Crippen molar-refractivity contribution in [3.8, 4) is 0 Å². The highest BCUT2D eigenvalue weighted by Gasteiger charge is 2.39. The first-order valence-corrected chi connectivity index (χ1v) is 7.18. The molecule has 0 spiro atoms. The molecule has 4 N–H and O–H groups in total. The summed E-state index contributed by atoms with van der Waals surface area (Å²) >= 11 is 0. The van der Waals surface area contributed by atoms with Crippen LogP contribution in [0.4, 0.5) is 17.1 Å². The summed E-state index contributed by atoms with van der Waals surface area (Å²) in [6.45, 7) is 0. The maximum Gasteiger partial charge on any atom is 0.228 e. The first kappa shape index (κ1) is 11.1. The summed E-state index contributed by atoms with van der Waals surface area (Å²) in [5.41, 5.74) is 9.80. The molecule has 1 aliphatic heterocycles. The van der Waals surface area contributed by atoms with Crippen molar-refractivity contribution in [1.29, 1.82) is 0 Å². The van der Waals surface area contributed by atoms with Gasteiger partial charge in [0.1, 0.15) is 0 Å². The number of amides is 1. The summed E-state index contributed by atoms with van der Waals surface area (Å²) < 4.78 is 0.